The van der Waals surface area contributed by atoms with Gasteiger partial charge < -0.3 is 15.3 Å². The number of hydrogen-bond acceptors (Lipinski definition) is 5. The first kappa shape index (κ1) is 16.6. The molecule has 0 spiro atoms. The van der Waals surface area contributed by atoms with E-state index in [-0.39, 0.29) is 18.2 Å². The highest BCUT2D eigenvalue weighted by molar-refractivity contribution is 5.80. The maximum Gasteiger partial charge on any atom is 0.274 e. The van der Waals surface area contributed by atoms with Crippen LogP contribution in [0, 0.1) is 0 Å². The van der Waals surface area contributed by atoms with E-state index in [1.807, 2.05) is 31.3 Å². The van der Waals surface area contributed by atoms with Crippen molar-refractivity contribution in [2.75, 3.05) is 33.3 Å². The highest BCUT2D eigenvalue weighted by atomic mass is 16.3. The van der Waals surface area contributed by atoms with Gasteiger partial charge in [0, 0.05) is 31.1 Å². The fourth-order valence-electron chi connectivity index (χ4n) is 2.50. The van der Waals surface area contributed by atoms with E-state index in [2.05, 4.69) is 22.2 Å². The predicted octanol–water partition coefficient (Wildman–Crippen LogP) is 0.299. The van der Waals surface area contributed by atoms with Gasteiger partial charge in [-0.25, -0.2) is 4.68 Å². The molecule has 1 atom stereocenters. The largest absolute Gasteiger partial charge is 0.395 e. The van der Waals surface area contributed by atoms with Crippen LogP contribution in [0.1, 0.15) is 6.92 Å². The standard InChI is InChI=1S/C16H24N4O2/c1-13(12-19(2)9-10-21)17-7-8-20-16(22)15-6-4-3-5-14(15)11-18-20/h3-6,11,13,17,21H,7-10,12H2,1-2H3. The Kier molecular flexibility index (Phi) is 6.06. The number of rotatable bonds is 8. The van der Waals surface area contributed by atoms with Crippen LogP contribution in [0.5, 0.6) is 0 Å². The second-order valence-corrected chi connectivity index (χ2v) is 5.60. The van der Waals surface area contributed by atoms with Crippen molar-refractivity contribution in [1.82, 2.24) is 20.0 Å². The lowest BCUT2D eigenvalue weighted by molar-refractivity contribution is 0.210. The minimum absolute atomic E-state index is 0.0510. The van der Waals surface area contributed by atoms with Crippen molar-refractivity contribution in [2.45, 2.75) is 19.5 Å². The van der Waals surface area contributed by atoms with Crippen LogP contribution >= 0.6 is 0 Å². The number of aromatic nitrogens is 2. The first-order chi connectivity index (χ1) is 10.6. The molecule has 1 unspecified atom stereocenters. The summed E-state index contributed by atoms with van der Waals surface area (Å²) in [7, 11) is 1.98. The molecule has 0 saturated heterocycles. The molecular weight excluding hydrogens is 280 g/mol. The van der Waals surface area contributed by atoms with E-state index in [9.17, 15) is 4.79 Å². The van der Waals surface area contributed by atoms with Gasteiger partial charge in [0.2, 0.25) is 0 Å². The highest BCUT2D eigenvalue weighted by Gasteiger charge is 2.07. The molecular formula is C16H24N4O2. The molecule has 0 fully saturated rings. The number of fused-ring (bicyclic) bond motifs is 1. The highest BCUT2D eigenvalue weighted by Crippen LogP contribution is 2.06. The number of aliphatic hydroxyl groups is 1. The van der Waals surface area contributed by atoms with E-state index in [1.54, 1.807) is 6.20 Å². The first-order valence-corrected chi connectivity index (χ1v) is 7.59. The van der Waals surface area contributed by atoms with Crippen LogP contribution in [0.4, 0.5) is 0 Å². The predicted molar refractivity (Wildman–Crippen MR) is 88.1 cm³/mol. The molecule has 0 bridgehead atoms. The molecule has 2 rings (SSSR count). The molecule has 6 nitrogen and oxygen atoms in total. The van der Waals surface area contributed by atoms with Crippen molar-refractivity contribution in [3.63, 3.8) is 0 Å². The lowest BCUT2D eigenvalue weighted by atomic mass is 10.2. The molecule has 0 aliphatic carbocycles. The summed E-state index contributed by atoms with van der Waals surface area (Å²) in [4.78, 5) is 14.4. The van der Waals surface area contributed by atoms with E-state index in [4.69, 9.17) is 5.11 Å². The van der Waals surface area contributed by atoms with Gasteiger partial charge in [-0.05, 0) is 20.0 Å². The molecule has 0 saturated carbocycles. The van der Waals surface area contributed by atoms with Gasteiger partial charge in [-0.3, -0.25) is 4.79 Å². The summed E-state index contributed by atoms with van der Waals surface area (Å²) in [6.07, 6.45) is 1.73. The van der Waals surface area contributed by atoms with Gasteiger partial charge in [0.15, 0.2) is 0 Å². The molecule has 1 heterocycles. The van der Waals surface area contributed by atoms with E-state index in [1.165, 1.54) is 4.68 Å². The lowest BCUT2D eigenvalue weighted by Gasteiger charge is -2.21. The van der Waals surface area contributed by atoms with Gasteiger partial charge in [-0.15, -0.1) is 0 Å². The molecule has 2 N–H and O–H groups in total. The van der Waals surface area contributed by atoms with Gasteiger partial charge in [0.1, 0.15) is 0 Å². The zero-order valence-corrected chi connectivity index (χ0v) is 13.2. The Bertz CT molecular complexity index is 656. The lowest BCUT2D eigenvalue weighted by Crippen LogP contribution is -2.40. The second kappa shape index (κ2) is 8.03. The number of nitrogens with one attached hydrogen (secondary N) is 1. The quantitative estimate of drug-likeness (QED) is 0.734. The van der Waals surface area contributed by atoms with Crippen LogP contribution in [0.2, 0.25) is 0 Å². The Morgan fingerprint density at radius 1 is 1.41 bits per heavy atom. The van der Waals surface area contributed by atoms with Gasteiger partial charge in [0.05, 0.1) is 24.7 Å². The fraction of sp³-hybridized carbons (Fsp3) is 0.500. The minimum atomic E-state index is -0.0510. The summed E-state index contributed by atoms with van der Waals surface area (Å²) < 4.78 is 1.50. The average molecular weight is 304 g/mol. The van der Waals surface area contributed by atoms with Crippen molar-refractivity contribution in [3.8, 4) is 0 Å². The van der Waals surface area contributed by atoms with Crippen molar-refractivity contribution < 1.29 is 5.11 Å². The molecule has 0 amide bonds. The third-order valence-electron chi connectivity index (χ3n) is 3.65. The monoisotopic (exact) mass is 304 g/mol. The van der Waals surface area contributed by atoms with E-state index in [0.29, 0.717) is 25.0 Å². The van der Waals surface area contributed by atoms with Gasteiger partial charge in [-0.1, -0.05) is 18.2 Å². The van der Waals surface area contributed by atoms with Crippen molar-refractivity contribution in [2.24, 2.45) is 0 Å². The summed E-state index contributed by atoms with van der Waals surface area (Å²) >= 11 is 0. The Morgan fingerprint density at radius 3 is 2.95 bits per heavy atom. The number of benzene rings is 1. The Morgan fingerprint density at radius 2 is 2.18 bits per heavy atom. The number of likely N-dealkylation sites (N-methyl/N-ethyl adjacent to an activating group) is 1. The summed E-state index contributed by atoms with van der Waals surface area (Å²) in [6.45, 7) is 4.99. The van der Waals surface area contributed by atoms with Gasteiger partial charge in [-0.2, -0.15) is 5.10 Å². The van der Waals surface area contributed by atoms with Crippen molar-refractivity contribution in [1.29, 1.82) is 0 Å². The minimum Gasteiger partial charge on any atom is -0.395 e. The van der Waals surface area contributed by atoms with Crippen LogP contribution in [-0.2, 0) is 6.54 Å². The van der Waals surface area contributed by atoms with Crippen LogP contribution in [0.3, 0.4) is 0 Å². The Labute approximate surface area is 130 Å². The van der Waals surface area contributed by atoms with Crippen molar-refractivity contribution in [3.05, 3.63) is 40.8 Å². The molecule has 2 aromatic rings. The van der Waals surface area contributed by atoms with Crippen LogP contribution < -0.4 is 10.9 Å². The van der Waals surface area contributed by atoms with Crippen molar-refractivity contribution >= 4 is 10.8 Å². The van der Waals surface area contributed by atoms with Crippen LogP contribution in [-0.4, -0.2) is 59.1 Å². The van der Waals surface area contributed by atoms with Crippen LogP contribution in [0.25, 0.3) is 10.8 Å². The molecule has 22 heavy (non-hydrogen) atoms. The normalized spacial score (nSPS) is 12.9. The average Bonchev–Trinajstić information content (AvgIpc) is 2.50. The maximum atomic E-state index is 12.3. The van der Waals surface area contributed by atoms with Gasteiger partial charge in [0.25, 0.3) is 5.56 Å². The Balaban J connectivity index is 1.90. The Hall–Kier alpha value is -1.76. The summed E-state index contributed by atoms with van der Waals surface area (Å²) in [6, 6.07) is 7.78. The zero-order chi connectivity index (χ0) is 15.9. The zero-order valence-electron chi connectivity index (χ0n) is 13.2. The topological polar surface area (TPSA) is 70.4 Å². The van der Waals surface area contributed by atoms with E-state index in [0.717, 1.165) is 11.9 Å². The fourth-order valence-corrected chi connectivity index (χ4v) is 2.50. The van der Waals surface area contributed by atoms with Gasteiger partial charge >= 0.3 is 0 Å². The molecule has 0 radical (unpaired) electrons. The van der Waals surface area contributed by atoms with Crippen LogP contribution in [0.15, 0.2) is 35.3 Å². The molecule has 1 aromatic heterocycles. The molecule has 0 aliphatic heterocycles. The molecule has 0 aliphatic rings. The summed E-state index contributed by atoms with van der Waals surface area (Å²) in [5.74, 6) is 0. The molecule has 1 aromatic carbocycles. The van der Waals surface area contributed by atoms with E-state index >= 15 is 0 Å². The number of aliphatic hydroxyl groups excluding tert-OH is 1. The second-order valence-electron chi connectivity index (χ2n) is 5.60. The molecule has 120 valence electrons. The number of nitrogens with zero attached hydrogens (tertiary/aromatic N) is 3. The SMILES string of the molecule is CC(CN(C)CCO)NCCn1ncc2ccccc2c1=O. The summed E-state index contributed by atoms with van der Waals surface area (Å²) in [5.41, 5.74) is -0.0510. The molecule has 6 heteroatoms. The smallest absolute Gasteiger partial charge is 0.274 e. The third-order valence-corrected chi connectivity index (χ3v) is 3.65. The first-order valence-electron chi connectivity index (χ1n) is 7.59. The third kappa shape index (κ3) is 4.37. The summed E-state index contributed by atoms with van der Waals surface area (Å²) in [5, 5.41) is 18.0. The maximum absolute atomic E-state index is 12.3. The number of hydrogen-bond donors (Lipinski definition) is 2. The van der Waals surface area contributed by atoms with E-state index < -0.39 is 0 Å².